The van der Waals surface area contributed by atoms with Crippen LogP contribution in [0.2, 0.25) is 0 Å². The summed E-state index contributed by atoms with van der Waals surface area (Å²) in [5, 5.41) is 12.7. The summed E-state index contributed by atoms with van der Waals surface area (Å²) in [6, 6.07) is 10.9. The average Bonchev–Trinajstić information content (AvgIpc) is 3.08. The first-order valence-electron chi connectivity index (χ1n) is 9.36. The molecule has 2 heterocycles. The molecule has 6 heteroatoms. The number of tetrazole rings is 1. The van der Waals surface area contributed by atoms with Gasteiger partial charge >= 0.3 is 0 Å². The molecule has 0 unspecified atom stereocenters. The molecule has 2 aromatic rings. The Bertz CT molecular complexity index is 630. The second-order valence-corrected chi connectivity index (χ2v) is 7.48. The summed E-state index contributed by atoms with van der Waals surface area (Å²) >= 11 is 0. The van der Waals surface area contributed by atoms with Gasteiger partial charge in [0.05, 0.1) is 6.04 Å². The van der Waals surface area contributed by atoms with Crippen molar-refractivity contribution in [3.63, 3.8) is 0 Å². The molecule has 0 bridgehead atoms. The van der Waals surface area contributed by atoms with Gasteiger partial charge < -0.3 is 4.90 Å². The third kappa shape index (κ3) is 4.86. The lowest BCUT2D eigenvalue weighted by Gasteiger charge is -2.38. The minimum absolute atomic E-state index is 0.305. The molecule has 0 radical (unpaired) electrons. The van der Waals surface area contributed by atoms with Crippen LogP contribution in [-0.2, 0) is 13.0 Å². The topological polar surface area (TPSA) is 50.1 Å². The van der Waals surface area contributed by atoms with Crippen LogP contribution in [0, 0.1) is 5.92 Å². The number of benzene rings is 1. The highest BCUT2D eigenvalue weighted by Crippen LogP contribution is 2.27. The van der Waals surface area contributed by atoms with Gasteiger partial charge in [0, 0.05) is 32.7 Å². The molecule has 1 fully saturated rings. The van der Waals surface area contributed by atoms with Crippen LogP contribution in [0.25, 0.3) is 0 Å². The van der Waals surface area contributed by atoms with E-state index >= 15 is 0 Å². The molecule has 1 aliphatic rings. The highest BCUT2D eigenvalue weighted by atomic mass is 15.5. The standard InChI is InChI=1S/C19H30N6/c1-16(2)15-18(24-13-11-23(3)12-14-24)19-20-21-22-25(19)10-9-17-7-5-4-6-8-17/h4-8,16,18H,9-15H2,1-3H3/t18-/m1/s1. The molecule has 1 atom stereocenters. The summed E-state index contributed by atoms with van der Waals surface area (Å²) in [7, 11) is 2.19. The second kappa shape index (κ2) is 8.54. The van der Waals surface area contributed by atoms with Crippen LogP contribution >= 0.6 is 0 Å². The van der Waals surface area contributed by atoms with Crippen LogP contribution in [0.15, 0.2) is 30.3 Å². The Balaban J connectivity index is 1.73. The average molecular weight is 342 g/mol. The Labute approximate surface area is 150 Å². The van der Waals surface area contributed by atoms with Crippen LogP contribution < -0.4 is 0 Å². The van der Waals surface area contributed by atoms with E-state index in [1.54, 1.807) is 0 Å². The van der Waals surface area contributed by atoms with Gasteiger partial charge in [-0.05, 0) is 41.8 Å². The summed E-state index contributed by atoms with van der Waals surface area (Å²) in [6.07, 6.45) is 2.05. The van der Waals surface area contributed by atoms with Gasteiger partial charge in [0.1, 0.15) is 0 Å². The largest absolute Gasteiger partial charge is 0.304 e. The zero-order valence-corrected chi connectivity index (χ0v) is 15.7. The minimum Gasteiger partial charge on any atom is -0.304 e. The maximum absolute atomic E-state index is 4.42. The van der Waals surface area contributed by atoms with Crippen LogP contribution in [0.5, 0.6) is 0 Å². The first-order chi connectivity index (χ1) is 12.1. The molecule has 0 amide bonds. The van der Waals surface area contributed by atoms with E-state index in [1.165, 1.54) is 5.56 Å². The smallest absolute Gasteiger partial charge is 0.168 e. The van der Waals surface area contributed by atoms with E-state index in [1.807, 2.05) is 4.68 Å². The molecule has 1 aromatic carbocycles. The number of hydrogen-bond donors (Lipinski definition) is 0. The molecule has 1 saturated heterocycles. The van der Waals surface area contributed by atoms with Gasteiger partial charge in [-0.1, -0.05) is 44.2 Å². The van der Waals surface area contributed by atoms with Crippen LogP contribution in [0.3, 0.4) is 0 Å². The molecular weight excluding hydrogens is 312 g/mol. The van der Waals surface area contributed by atoms with Crippen LogP contribution in [-0.4, -0.2) is 63.2 Å². The second-order valence-electron chi connectivity index (χ2n) is 7.48. The lowest BCUT2D eigenvalue weighted by atomic mass is 10.0. The Morgan fingerprint density at radius 3 is 2.44 bits per heavy atom. The van der Waals surface area contributed by atoms with E-state index in [-0.39, 0.29) is 0 Å². The van der Waals surface area contributed by atoms with Gasteiger partial charge in [-0.2, -0.15) is 0 Å². The lowest BCUT2D eigenvalue weighted by molar-refractivity contribution is 0.0931. The van der Waals surface area contributed by atoms with Gasteiger partial charge in [-0.3, -0.25) is 4.90 Å². The summed E-state index contributed by atoms with van der Waals surface area (Å²) in [5.41, 5.74) is 1.32. The number of hydrogen-bond acceptors (Lipinski definition) is 5. The maximum atomic E-state index is 4.42. The van der Waals surface area contributed by atoms with Crippen molar-refractivity contribution < 1.29 is 0 Å². The number of nitrogens with zero attached hydrogens (tertiary/aromatic N) is 6. The third-order valence-corrected chi connectivity index (χ3v) is 4.99. The molecule has 0 N–H and O–H groups in total. The van der Waals surface area contributed by atoms with Gasteiger partial charge in [0.15, 0.2) is 5.82 Å². The molecule has 6 nitrogen and oxygen atoms in total. The van der Waals surface area contributed by atoms with Crippen molar-refractivity contribution in [2.24, 2.45) is 5.92 Å². The molecule has 136 valence electrons. The Hall–Kier alpha value is -1.79. The highest BCUT2D eigenvalue weighted by Gasteiger charge is 2.28. The molecule has 1 aromatic heterocycles. The van der Waals surface area contributed by atoms with Crippen molar-refractivity contribution in [3.8, 4) is 0 Å². The zero-order chi connectivity index (χ0) is 17.6. The molecule has 0 saturated carbocycles. The minimum atomic E-state index is 0.305. The Kier molecular flexibility index (Phi) is 6.15. The van der Waals surface area contributed by atoms with Gasteiger partial charge in [-0.25, -0.2) is 4.68 Å². The van der Waals surface area contributed by atoms with Crippen LogP contribution in [0.1, 0.15) is 37.7 Å². The van der Waals surface area contributed by atoms with Crippen molar-refractivity contribution in [2.75, 3.05) is 33.2 Å². The molecule has 3 rings (SSSR count). The lowest BCUT2D eigenvalue weighted by Crippen LogP contribution is -2.46. The van der Waals surface area contributed by atoms with Crippen molar-refractivity contribution >= 4 is 0 Å². The number of piperazine rings is 1. The van der Waals surface area contributed by atoms with Crippen molar-refractivity contribution in [2.45, 2.75) is 39.3 Å². The van der Waals surface area contributed by atoms with Crippen molar-refractivity contribution in [1.29, 1.82) is 0 Å². The number of likely N-dealkylation sites (N-methyl/N-ethyl adjacent to an activating group) is 1. The number of aromatic nitrogens is 4. The Morgan fingerprint density at radius 2 is 1.76 bits per heavy atom. The Morgan fingerprint density at radius 1 is 1.04 bits per heavy atom. The van der Waals surface area contributed by atoms with E-state index in [0.717, 1.165) is 51.4 Å². The molecule has 0 aliphatic carbocycles. The quantitative estimate of drug-likeness (QED) is 0.772. The highest BCUT2D eigenvalue weighted by molar-refractivity contribution is 5.14. The molecular formula is C19H30N6. The van der Waals surface area contributed by atoms with Crippen molar-refractivity contribution in [1.82, 2.24) is 30.0 Å². The first-order valence-corrected chi connectivity index (χ1v) is 9.36. The first kappa shape index (κ1) is 18.0. The third-order valence-electron chi connectivity index (χ3n) is 4.99. The molecule has 0 spiro atoms. The van der Waals surface area contributed by atoms with E-state index in [4.69, 9.17) is 0 Å². The molecule has 25 heavy (non-hydrogen) atoms. The van der Waals surface area contributed by atoms with Crippen LogP contribution in [0.4, 0.5) is 0 Å². The van der Waals surface area contributed by atoms with Gasteiger partial charge in [0.25, 0.3) is 0 Å². The molecule has 1 aliphatic heterocycles. The summed E-state index contributed by atoms with van der Waals surface area (Å²) < 4.78 is 2.01. The normalized spacial score (nSPS) is 17.9. The van der Waals surface area contributed by atoms with E-state index < -0.39 is 0 Å². The fourth-order valence-electron chi connectivity index (χ4n) is 3.49. The maximum Gasteiger partial charge on any atom is 0.168 e. The van der Waals surface area contributed by atoms with Gasteiger partial charge in [-0.15, -0.1) is 5.10 Å². The fourth-order valence-corrected chi connectivity index (χ4v) is 3.49. The van der Waals surface area contributed by atoms with E-state index in [0.29, 0.717) is 12.0 Å². The van der Waals surface area contributed by atoms with Gasteiger partial charge in [0.2, 0.25) is 0 Å². The van der Waals surface area contributed by atoms with E-state index in [9.17, 15) is 0 Å². The summed E-state index contributed by atoms with van der Waals surface area (Å²) in [5.74, 6) is 1.64. The predicted molar refractivity (Wildman–Crippen MR) is 99.2 cm³/mol. The fraction of sp³-hybridized carbons (Fsp3) is 0.632. The summed E-state index contributed by atoms with van der Waals surface area (Å²) in [6.45, 7) is 9.77. The number of aryl methyl sites for hydroxylation is 2. The van der Waals surface area contributed by atoms with Crippen molar-refractivity contribution in [3.05, 3.63) is 41.7 Å². The summed E-state index contributed by atoms with van der Waals surface area (Å²) in [4.78, 5) is 4.95. The SMILES string of the molecule is CC(C)C[C@H](c1nnnn1CCc1ccccc1)N1CCN(C)CC1. The number of rotatable bonds is 7. The van der Waals surface area contributed by atoms with E-state index in [2.05, 4.69) is 76.6 Å². The monoisotopic (exact) mass is 342 g/mol. The predicted octanol–water partition coefficient (Wildman–Crippen LogP) is 2.25. The zero-order valence-electron chi connectivity index (χ0n) is 15.7.